The molecule has 0 saturated heterocycles. The molecular weight excluding hydrogens is 226 g/mol. The third-order valence-electron chi connectivity index (χ3n) is 3.31. The quantitative estimate of drug-likeness (QED) is 0.829. The van der Waals surface area contributed by atoms with Crippen LogP contribution in [0.5, 0.6) is 0 Å². The maximum Gasteiger partial charge on any atom is 0.306 e. The molecular formula is C15H21NO2. The van der Waals surface area contributed by atoms with Crippen LogP contribution >= 0.6 is 0 Å². The second-order valence-corrected chi connectivity index (χ2v) is 4.69. The van der Waals surface area contributed by atoms with Crippen molar-refractivity contribution >= 4 is 5.97 Å². The van der Waals surface area contributed by atoms with Gasteiger partial charge >= 0.3 is 5.97 Å². The van der Waals surface area contributed by atoms with Crippen LogP contribution in [-0.2, 0) is 28.9 Å². The summed E-state index contributed by atoms with van der Waals surface area (Å²) in [6.07, 6.45) is 3.58. The highest BCUT2D eigenvalue weighted by molar-refractivity contribution is 5.69. The van der Waals surface area contributed by atoms with Gasteiger partial charge < -0.3 is 10.1 Å². The van der Waals surface area contributed by atoms with Crippen molar-refractivity contribution in [1.29, 1.82) is 0 Å². The Hall–Kier alpha value is -1.35. The molecule has 1 aliphatic rings. The van der Waals surface area contributed by atoms with Crippen molar-refractivity contribution < 1.29 is 9.53 Å². The summed E-state index contributed by atoms with van der Waals surface area (Å²) in [5.41, 5.74) is 4.07. The molecule has 98 valence electrons. The SMILES string of the molecule is CCOC(=O)CCc1ccc2c(c1)CCCNC2. The zero-order valence-electron chi connectivity index (χ0n) is 11.0. The molecule has 0 unspecified atom stereocenters. The number of carbonyl (C=O) groups is 1. The number of fused-ring (bicyclic) bond motifs is 1. The average molecular weight is 247 g/mol. The Morgan fingerprint density at radius 3 is 3.11 bits per heavy atom. The summed E-state index contributed by atoms with van der Waals surface area (Å²) in [7, 11) is 0. The minimum absolute atomic E-state index is 0.103. The molecule has 0 amide bonds. The highest BCUT2D eigenvalue weighted by Gasteiger charge is 2.09. The van der Waals surface area contributed by atoms with Gasteiger partial charge in [-0.2, -0.15) is 0 Å². The second kappa shape index (κ2) is 6.55. The van der Waals surface area contributed by atoms with Crippen LogP contribution in [-0.4, -0.2) is 19.1 Å². The van der Waals surface area contributed by atoms with E-state index in [1.165, 1.54) is 23.1 Å². The average Bonchev–Trinajstić information content (AvgIpc) is 2.61. The Morgan fingerprint density at radius 2 is 2.28 bits per heavy atom. The van der Waals surface area contributed by atoms with Crippen molar-refractivity contribution in [3.63, 3.8) is 0 Å². The minimum Gasteiger partial charge on any atom is -0.466 e. The van der Waals surface area contributed by atoms with Gasteiger partial charge in [0, 0.05) is 13.0 Å². The number of nitrogens with one attached hydrogen (secondary N) is 1. The molecule has 1 aromatic rings. The van der Waals surface area contributed by atoms with Gasteiger partial charge in [0.2, 0.25) is 0 Å². The van der Waals surface area contributed by atoms with E-state index in [0.717, 1.165) is 25.9 Å². The molecule has 0 aliphatic carbocycles. The Kier molecular flexibility index (Phi) is 4.76. The molecule has 0 fully saturated rings. The standard InChI is InChI=1S/C15H21NO2/c1-2-18-15(17)8-6-12-5-7-14-11-16-9-3-4-13(14)10-12/h5,7,10,16H,2-4,6,8-9,11H2,1H3. The molecule has 0 bridgehead atoms. The first kappa shape index (κ1) is 13.1. The fraction of sp³-hybridized carbons (Fsp3) is 0.533. The molecule has 3 nitrogen and oxygen atoms in total. The predicted molar refractivity (Wildman–Crippen MR) is 71.4 cm³/mol. The van der Waals surface area contributed by atoms with Gasteiger partial charge in [0.05, 0.1) is 6.61 Å². The first-order chi connectivity index (χ1) is 8.79. The van der Waals surface area contributed by atoms with E-state index in [9.17, 15) is 4.79 Å². The molecule has 2 rings (SSSR count). The zero-order chi connectivity index (χ0) is 12.8. The fourth-order valence-electron chi connectivity index (χ4n) is 2.35. The van der Waals surface area contributed by atoms with Crippen LogP contribution in [0.25, 0.3) is 0 Å². The van der Waals surface area contributed by atoms with E-state index in [4.69, 9.17) is 4.74 Å². The van der Waals surface area contributed by atoms with E-state index in [-0.39, 0.29) is 5.97 Å². The minimum atomic E-state index is -0.103. The first-order valence-corrected chi connectivity index (χ1v) is 6.76. The Morgan fingerprint density at radius 1 is 1.39 bits per heavy atom. The maximum absolute atomic E-state index is 11.3. The molecule has 0 radical (unpaired) electrons. The normalized spacial score (nSPS) is 14.7. The highest BCUT2D eigenvalue weighted by atomic mass is 16.5. The van der Waals surface area contributed by atoms with E-state index in [1.807, 2.05) is 6.92 Å². The van der Waals surface area contributed by atoms with Gasteiger partial charge in [0.25, 0.3) is 0 Å². The van der Waals surface area contributed by atoms with Crippen molar-refractivity contribution in [1.82, 2.24) is 5.32 Å². The molecule has 1 N–H and O–H groups in total. The van der Waals surface area contributed by atoms with Crippen LogP contribution in [0.4, 0.5) is 0 Å². The van der Waals surface area contributed by atoms with Gasteiger partial charge in [-0.15, -0.1) is 0 Å². The lowest BCUT2D eigenvalue weighted by atomic mass is 9.99. The lowest BCUT2D eigenvalue weighted by Gasteiger charge is -2.08. The summed E-state index contributed by atoms with van der Waals surface area (Å²) >= 11 is 0. The molecule has 1 heterocycles. The van der Waals surface area contributed by atoms with Crippen LogP contribution in [0.15, 0.2) is 18.2 Å². The molecule has 0 saturated carbocycles. The van der Waals surface area contributed by atoms with E-state index < -0.39 is 0 Å². The number of aryl methyl sites for hydroxylation is 2. The third kappa shape index (κ3) is 3.57. The van der Waals surface area contributed by atoms with Crippen LogP contribution in [0.3, 0.4) is 0 Å². The van der Waals surface area contributed by atoms with Gasteiger partial charge in [-0.3, -0.25) is 4.79 Å². The fourth-order valence-corrected chi connectivity index (χ4v) is 2.35. The smallest absolute Gasteiger partial charge is 0.306 e. The largest absolute Gasteiger partial charge is 0.466 e. The molecule has 18 heavy (non-hydrogen) atoms. The lowest BCUT2D eigenvalue weighted by molar-refractivity contribution is -0.143. The van der Waals surface area contributed by atoms with Crippen molar-refractivity contribution in [3.05, 3.63) is 34.9 Å². The van der Waals surface area contributed by atoms with Crippen LogP contribution in [0.2, 0.25) is 0 Å². The summed E-state index contributed by atoms with van der Waals surface area (Å²) < 4.78 is 4.95. The number of esters is 1. The number of hydrogen-bond donors (Lipinski definition) is 1. The van der Waals surface area contributed by atoms with Crippen molar-refractivity contribution in [3.8, 4) is 0 Å². The maximum atomic E-state index is 11.3. The Bertz CT molecular complexity index is 415. The van der Waals surface area contributed by atoms with Gasteiger partial charge in [-0.25, -0.2) is 0 Å². The van der Waals surface area contributed by atoms with E-state index >= 15 is 0 Å². The van der Waals surface area contributed by atoms with Gasteiger partial charge in [-0.05, 0) is 49.4 Å². The summed E-state index contributed by atoms with van der Waals surface area (Å²) in [4.78, 5) is 11.3. The number of rotatable bonds is 4. The lowest BCUT2D eigenvalue weighted by Crippen LogP contribution is -2.11. The summed E-state index contributed by atoms with van der Waals surface area (Å²) in [5.74, 6) is -0.103. The van der Waals surface area contributed by atoms with Crippen molar-refractivity contribution in [2.75, 3.05) is 13.2 Å². The van der Waals surface area contributed by atoms with E-state index in [0.29, 0.717) is 13.0 Å². The zero-order valence-corrected chi connectivity index (χ0v) is 11.0. The van der Waals surface area contributed by atoms with Crippen LogP contribution < -0.4 is 5.32 Å². The van der Waals surface area contributed by atoms with Crippen molar-refractivity contribution in [2.45, 2.75) is 39.2 Å². The second-order valence-electron chi connectivity index (χ2n) is 4.69. The molecule has 1 aromatic carbocycles. The van der Waals surface area contributed by atoms with Gasteiger partial charge in [0.1, 0.15) is 0 Å². The number of carbonyl (C=O) groups excluding carboxylic acids is 1. The summed E-state index contributed by atoms with van der Waals surface area (Å²) in [5, 5.41) is 3.42. The molecule has 0 spiro atoms. The third-order valence-corrected chi connectivity index (χ3v) is 3.31. The van der Waals surface area contributed by atoms with E-state index in [1.54, 1.807) is 0 Å². The summed E-state index contributed by atoms with van der Waals surface area (Å²) in [6, 6.07) is 6.57. The van der Waals surface area contributed by atoms with E-state index in [2.05, 4.69) is 23.5 Å². The highest BCUT2D eigenvalue weighted by Crippen LogP contribution is 2.17. The molecule has 0 atom stereocenters. The number of hydrogen-bond acceptors (Lipinski definition) is 3. The number of benzene rings is 1. The Labute approximate surface area is 109 Å². The van der Waals surface area contributed by atoms with Gasteiger partial charge in [0.15, 0.2) is 0 Å². The van der Waals surface area contributed by atoms with Crippen LogP contribution in [0.1, 0.15) is 36.5 Å². The van der Waals surface area contributed by atoms with Gasteiger partial charge in [-0.1, -0.05) is 18.2 Å². The first-order valence-electron chi connectivity index (χ1n) is 6.76. The monoisotopic (exact) mass is 247 g/mol. The molecule has 0 aromatic heterocycles. The van der Waals surface area contributed by atoms with Crippen molar-refractivity contribution in [2.24, 2.45) is 0 Å². The molecule has 1 aliphatic heterocycles. The predicted octanol–water partition coefficient (Wildman–Crippen LogP) is 2.22. The summed E-state index contributed by atoms with van der Waals surface area (Å²) in [6.45, 7) is 4.36. The topological polar surface area (TPSA) is 38.3 Å². The Balaban J connectivity index is 1.97. The molecule has 3 heteroatoms. The van der Waals surface area contributed by atoms with Crippen LogP contribution in [0, 0.1) is 0 Å². The number of ether oxygens (including phenoxy) is 1.